The Bertz CT molecular complexity index is 248. The molecule has 0 saturated carbocycles. The van der Waals surface area contributed by atoms with Gasteiger partial charge in [0.05, 0.1) is 0 Å². The monoisotopic (exact) mass is 238 g/mol. The summed E-state index contributed by atoms with van der Waals surface area (Å²) in [6, 6.07) is 0.805. The van der Waals surface area contributed by atoms with Crippen LogP contribution in [0, 0.1) is 12.3 Å². The normalized spacial score (nSPS) is 25.2. The van der Waals surface area contributed by atoms with Crippen molar-refractivity contribution in [2.75, 3.05) is 33.7 Å². The van der Waals surface area contributed by atoms with Gasteiger partial charge in [0.25, 0.3) is 0 Å². The summed E-state index contributed by atoms with van der Waals surface area (Å²) in [6.45, 7) is 3.38. The van der Waals surface area contributed by atoms with Crippen LogP contribution in [-0.2, 0) is 0 Å². The number of hydrogen-bond donors (Lipinski definition) is 2. The molecule has 0 spiro atoms. The van der Waals surface area contributed by atoms with Crippen LogP contribution in [0.5, 0.6) is 0 Å². The van der Waals surface area contributed by atoms with Crippen molar-refractivity contribution in [2.24, 2.45) is 5.84 Å². The van der Waals surface area contributed by atoms with Crippen molar-refractivity contribution >= 4 is 0 Å². The molecule has 0 bridgehead atoms. The zero-order valence-corrected chi connectivity index (χ0v) is 11.2. The highest BCUT2D eigenvalue weighted by molar-refractivity contribution is 4.89. The first-order chi connectivity index (χ1) is 8.19. The number of nitrogens with zero attached hydrogens (tertiary/aromatic N) is 2. The van der Waals surface area contributed by atoms with Gasteiger partial charge in [0.1, 0.15) is 0 Å². The minimum Gasteiger partial charge on any atom is -0.305 e. The molecule has 1 fully saturated rings. The predicted molar refractivity (Wildman–Crippen MR) is 72.3 cm³/mol. The number of nitrogens with two attached hydrogens (primary N) is 1. The summed E-state index contributed by atoms with van der Waals surface area (Å²) in [5.41, 5.74) is 2.97. The summed E-state index contributed by atoms with van der Waals surface area (Å²) in [6.07, 6.45) is 9.44. The van der Waals surface area contributed by atoms with Crippen LogP contribution in [0.25, 0.3) is 0 Å². The van der Waals surface area contributed by atoms with Gasteiger partial charge in [-0.05, 0) is 46.4 Å². The Hall–Kier alpha value is -0.600. The summed E-state index contributed by atoms with van der Waals surface area (Å²) < 4.78 is 0. The standard InChI is InChI=1S/C13H26N4/c1-4-5-6-8-12(15-14)13-11-16(2)9-7-10-17(13)3/h1,12-13,15H,5-11,14H2,2-3H3. The highest BCUT2D eigenvalue weighted by Gasteiger charge is 2.27. The molecular formula is C13H26N4. The van der Waals surface area contributed by atoms with E-state index in [1.165, 1.54) is 13.0 Å². The molecule has 98 valence electrons. The van der Waals surface area contributed by atoms with E-state index in [2.05, 4.69) is 35.2 Å². The van der Waals surface area contributed by atoms with E-state index in [4.69, 9.17) is 12.3 Å². The maximum Gasteiger partial charge on any atom is 0.0386 e. The van der Waals surface area contributed by atoms with Gasteiger partial charge in [0, 0.05) is 25.0 Å². The summed E-state index contributed by atoms with van der Waals surface area (Å²) >= 11 is 0. The highest BCUT2D eigenvalue weighted by Crippen LogP contribution is 2.14. The van der Waals surface area contributed by atoms with E-state index in [9.17, 15) is 0 Å². The first-order valence-corrected chi connectivity index (χ1v) is 6.47. The summed E-state index contributed by atoms with van der Waals surface area (Å²) in [5.74, 6) is 8.39. The number of terminal acetylenes is 1. The SMILES string of the molecule is C#CCCCC(NN)C1CN(C)CCCN1C. The highest BCUT2D eigenvalue weighted by atomic mass is 15.3. The lowest BCUT2D eigenvalue weighted by Crippen LogP contribution is -2.54. The van der Waals surface area contributed by atoms with E-state index in [0.29, 0.717) is 12.1 Å². The Morgan fingerprint density at radius 2 is 2.24 bits per heavy atom. The fourth-order valence-electron chi connectivity index (χ4n) is 2.55. The third-order valence-electron chi connectivity index (χ3n) is 3.63. The molecule has 0 aromatic rings. The molecule has 0 aromatic heterocycles. The molecule has 1 rings (SSSR count). The van der Waals surface area contributed by atoms with E-state index >= 15 is 0 Å². The molecule has 1 aliphatic heterocycles. The minimum absolute atomic E-state index is 0.328. The summed E-state index contributed by atoms with van der Waals surface area (Å²) in [4.78, 5) is 4.81. The smallest absolute Gasteiger partial charge is 0.0386 e. The Kier molecular flexibility index (Phi) is 6.53. The Balaban J connectivity index is 2.54. The average molecular weight is 238 g/mol. The zero-order chi connectivity index (χ0) is 12.7. The van der Waals surface area contributed by atoms with Crippen molar-refractivity contribution in [2.45, 2.75) is 37.8 Å². The molecule has 2 unspecified atom stereocenters. The quantitative estimate of drug-likeness (QED) is 0.312. The molecule has 2 atom stereocenters. The zero-order valence-electron chi connectivity index (χ0n) is 11.2. The second kappa shape index (κ2) is 7.67. The van der Waals surface area contributed by atoms with Crippen LogP contribution in [0.2, 0.25) is 0 Å². The fourth-order valence-corrected chi connectivity index (χ4v) is 2.55. The molecule has 0 radical (unpaired) electrons. The van der Waals surface area contributed by atoms with Gasteiger partial charge in [0.15, 0.2) is 0 Å². The lowest BCUT2D eigenvalue weighted by Gasteiger charge is -2.34. The van der Waals surface area contributed by atoms with Crippen LogP contribution in [0.15, 0.2) is 0 Å². The van der Waals surface area contributed by atoms with Crippen molar-refractivity contribution in [3.8, 4) is 12.3 Å². The Morgan fingerprint density at radius 1 is 1.47 bits per heavy atom. The molecule has 0 amide bonds. The van der Waals surface area contributed by atoms with Gasteiger partial charge in [-0.2, -0.15) is 0 Å². The average Bonchev–Trinajstić information content (AvgIpc) is 2.47. The summed E-state index contributed by atoms with van der Waals surface area (Å²) in [5, 5.41) is 0. The van der Waals surface area contributed by atoms with Crippen LogP contribution in [-0.4, -0.2) is 55.6 Å². The molecular weight excluding hydrogens is 212 g/mol. The van der Waals surface area contributed by atoms with Crippen molar-refractivity contribution in [3.05, 3.63) is 0 Å². The van der Waals surface area contributed by atoms with Crippen LogP contribution in [0.4, 0.5) is 0 Å². The van der Waals surface area contributed by atoms with Crippen molar-refractivity contribution in [1.29, 1.82) is 0 Å². The first kappa shape index (κ1) is 14.5. The third kappa shape index (κ3) is 4.64. The second-order valence-electron chi connectivity index (χ2n) is 5.03. The van der Waals surface area contributed by atoms with E-state index in [1.54, 1.807) is 0 Å². The Morgan fingerprint density at radius 3 is 2.88 bits per heavy atom. The predicted octanol–water partition coefficient (Wildman–Crippen LogP) is 0.258. The lowest BCUT2D eigenvalue weighted by atomic mass is 10.0. The van der Waals surface area contributed by atoms with E-state index in [0.717, 1.165) is 32.4 Å². The molecule has 1 heterocycles. The van der Waals surface area contributed by atoms with E-state index in [1.807, 2.05) is 0 Å². The van der Waals surface area contributed by atoms with Gasteiger partial charge in [-0.15, -0.1) is 12.3 Å². The lowest BCUT2D eigenvalue weighted by molar-refractivity contribution is 0.171. The van der Waals surface area contributed by atoms with Crippen LogP contribution in [0.3, 0.4) is 0 Å². The number of hydrazine groups is 1. The molecule has 0 aliphatic carbocycles. The molecule has 1 saturated heterocycles. The van der Waals surface area contributed by atoms with Crippen LogP contribution in [0.1, 0.15) is 25.7 Å². The van der Waals surface area contributed by atoms with Crippen LogP contribution < -0.4 is 11.3 Å². The third-order valence-corrected chi connectivity index (χ3v) is 3.63. The molecule has 0 aromatic carbocycles. The number of likely N-dealkylation sites (N-methyl/N-ethyl adjacent to an activating group) is 2. The van der Waals surface area contributed by atoms with Gasteiger partial charge < -0.3 is 9.80 Å². The minimum atomic E-state index is 0.328. The number of nitrogens with one attached hydrogen (secondary N) is 1. The van der Waals surface area contributed by atoms with Gasteiger partial charge in [0.2, 0.25) is 0 Å². The van der Waals surface area contributed by atoms with Gasteiger partial charge in [-0.1, -0.05) is 0 Å². The molecule has 3 N–H and O–H groups in total. The molecule has 1 aliphatic rings. The number of hydrogen-bond acceptors (Lipinski definition) is 4. The van der Waals surface area contributed by atoms with Gasteiger partial charge in [-0.3, -0.25) is 11.3 Å². The Labute approximate surface area is 105 Å². The van der Waals surface area contributed by atoms with Crippen molar-refractivity contribution < 1.29 is 0 Å². The van der Waals surface area contributed by atoms with Crippen LogP contribution >= 0.6 is 0 Å². The molecule has 4 nitrogen and oxygen atoms in total. The number of rotatable bonds is 5. The van der Waals surface area contributed by atoms with E-state index < -0.39 is 0 Å². The maximum absolute atomic E-state index is 5.70. The second-order valence-corrected chi connectivity index (χ2v) is 5.03. The first-order valence-electron chi connectivity index (χ1n) is 6.47. The molecule has 17 heavy (non-hydrogen) atoms. The van der Waals surface area contributed by atoms with Crippen molar-refractivity contribution in [1.82, 2.24) is 15.2 Å². The largest absolute Gasteiger partial charge is 0.305 e. The topological polar surface area (TPSA) is 44.5 Å². The summed E-state index contributed by atoms with van der Waals surface area (Å²) in [7, 11) is 4.37. The van der Waals surface area contributed by atoms with Gasteiger partial charge in [-0.25, -0.2) is 0 Å². The van der Waals surface area contributed by atoms with Crippen molar-refractivity contribution in [3.63, 3.8) is 0 Å². The molecule has 4 heteroatoms. The number of unbranched alkanes of at least 4 members (excludes halogenated alkanes) is 1. The van der Waals surface area contributed by atoms with E-state index in [-0.39, 0.29) is 0 Å². The van der Waals surface area contributed by atoms with Gasteiger partial charge >= 0.3 is 0 Å². The fraction of sp³-hybridized carbons (Fsp3) is 0.846. The maximum atomic E-state index is 5.70.